The third kappa shape index (κ3) is 5.04. The maximum absolute atomic E-state index is 14.7. The Labute approximate surface area is 195 Å². The molecule has 1 unspecified atom stereocenters. The van der Waals surface area contributed by atoms with Gasteiger partial charge in [0.25, 0.3) is 5.91 Å². The first-order chi connectivity index (χ1) is 15.5. The number of nitrogens with one attached hydrogen (secondary N) is 1. The molecule has 1 N–H and O–H groups in total. The Kier molecular flexibility index (Phi) is 6.64. The van der Waals surface area contributed by atoms with Crippen LogP contribution in [0.4, 0.5) is 4.39 Å². The molecule has 4 rings (SSSR count). The highest BCUT2D eigenvalue weighted by molar-refractivity contribution is 6.35. The van der Waals surface area contributed by atoms with E-state index in [1.54, 1.807) is 6.07 Å². The van der Waals surface area contributed by atoms with Gasteiger partial charge in [0.15, 0.2) is 5.75 Å². The first-order valence-corrected chi connectivity index (χ1v) is 10.8. The lowest BCUT2D eigenvalue weighted by Gasteiger charge is -2.15. The lowest BCUT2D eigenvalue weighted by molar-refractivity contribution is 0.0939. The Morgan fingerprint density at radius 3 is 2.78 bits per heavy atom. The number of carbonyl (C=O) groups excluding carboxylic acids is 1. The molecule has 162 valence electrons. The molecule has 0 spiro atoms. The van der Waals surface area contributed by atoms with Crippen molar-refractivity contribution in [3.63, 3.8) is 0 Å². The molecular formula is C25H19Cl2FN2O2. The van der Waals surface area contributed by atoms with Gasteiger partial charge in [0.1, 0.15) is 17.5 Å². The van der Waals surface area contributed by atoms with Crippen molar-refractivity contribution in [2.75, 3.05) is 6.54 Å². The maximum atomic E-state index is 14.7. The summed E-state index contributed by atoms with van der Waals surface area (Å²) in [5.74, 6) is 3.21. The molecule has 0 bridgehead atoms. The topological polar surface area (TPSA) is 51.2 Å². The first-order valence-electron chi connectivity index (χ1n) is 10.1. The second kappa shape index (κ2) is 9.60. The summed E-state index contributed by atoms with van der Waals surface area (Å²) >= 11 is 11.9. The molecule has 0 saturated heterocycles. The van der Waals surface area contributed by atoms with Crippen LogP contribution in [0.3, 0.4) is 0 Å². The van der Waals surface area contributed by atoms with Crippen LogP contribution in [-0.2, 0) is 0 Å². The molecule has 7 heteroatoms. The van der Waals surface area contributed by atoms with Gasteiger partial charge in [-0.2, -0.15) is 0 Å². The summed E-state index contributed by atoms with van der Waals surface area (Å²) < 4.78 is 20.7. The van der Waals surface area contributed by atoms with Gasteiger partial charge in [0.2, 0.25) is 0 Å². The van der Waals surface area contributed by atoms with Crippen LogP contribution in [0, 0.1) is 12.3 Å². The van der Waals surface area contributed by atoms with E-state index >= 15 is 0 Å². The Morgan fingerprint density at radius 1 is 1.25 bits per heavy atom. The van der Waals surface area contributed by atoms with Gasteiger partial charge in [-0.1, -0.05) is 47.3 Å². The second-order valence-electron chi connectivity index (χ2n) is 7.50. The first kappa shape index (κ1) is 22.1. The summed E-state index contributed by atoms with van der Waals surface area (Å²) in [6, 6.07) is 12.2. The van der Waals surface area contributed by atoms with Gasteiger partial charge in [-0.25, -0.2) is 4.39 Å². The van der Waals surface area contributed by atoms with Crippen molar-refractivity contribution in [2.45, 2.75) is 24.9 Å². The summed E-state index contributed by atoms with van der Waals surface area (Å²) in [7, 11) is 0. The number of nitrogens with zero attached hydrogens (tertiary/aromatic N) is 1. The Balaban J connectivity index is 1.53. The highest BCUT2D eigenvalue weighted by atomic mass is 35.5. The molecular weight excluding hydrogens is 450 g/mol. The zero-order valence-corrected chi connectivity index (χ0v) is 18.5. The van der Waals surface area contributed by atoms with E-state index in [1.165, 1.54) is 36.2 Å². The maximum Gasteiger partial charge on any atom is 0.256 e. The van der Waals surface area contributed by atoms with E-state index in [0.717, 1.165) is 12.8 Å². The number of hydrogen-bond acceptors (Lipinski definition) is 3. The third-order valence-electron chi connectivity index (χ3n) is 5.17. The lowest BCUT2D eigenvalue weighted by Crippen LogP contribution is -2.28. The van der Waals surface area contributed by atoms with Gasteiger partial charge < -0.3 is 10.1 Å². The summed E-state index contributed by atoms with van der Waals surface area (Å²) in [5.41, 5.74) is 1.79. The van der Waals surface area contributed by atoms with Crippen LogP contribution in [-0.4, -0.2) is 17.4 Å². The SMILES string of the molecule is C#Cc1cncc(Oc2cccc(C3CC3)c2)c1C(=O)NCC(F)c1ccc(Cl)cc1Cl. The molecule has 1 aliphatic rings. The highest BCUT2D eigenvalue weighted by Crippen LogP contribution is 2.41. The summed E-state index contributed by atoms with van der Waals surface area (Å²) in [5, 5.41) is 3.16. The minimum absolute atomic E-state index is 0.119. The van der Waals surface area contributed by atoms with Gasteiger partial charge in [0, 0.05) is 21.8 Å². The molecule has 1 aromatic heterocycles. The van der Waals surface area contributed by atoms with Gasteiger partial charge in [0.05, 0.1) is 18.3 Å². The minimum atomic E-state index is -1.53. The van der Waals surface area contributed by atoms with E-state index in [9.17, 15) is 9.18 Å². The van der Waals surface area contributed by atoms with Gasteiger partial charge in [-0.15, -0.1) is 6.42 Å². The number of amides is 1. The minimum Gasteiger partial charge on any atom is -0.455 e. The lowest BCUT2D eigenvalue weighted by atomic mass is 10.1. The smallest absolute Gasteiger partial charge is 0.256 e. The zero-order chi connectivity index (χ0) is 22.7. The fraction of sp³-hybridized carbons (Fsp3) is 0.200. The average Bonchev–Trinajstić information content (AvgIpc) is 3.63. The Bertz CT molecular complexity index is 1200. The number of carbonyl (C=O) groups is 1. The molecule has 4 nitrogen and oxygen atoms in total. The van der Waals surface area contributed by atoms with Crippen LogP contribution in [0.2, 0.25) is 10.0 Å². The van der Waals surface area contributed by atoms with E-state index in [0.29, 0.717) is 16.7 Å². The molecule has 0 aliphatic heterocycles. The molecule has 1 aliphatic carbocycles. The number of terminal acetylenes is 1. The fourth-order valence-corrected chi connectivity index (χ4v) is 3.90. The number of halogens is 3. The molecule has 0 radical (unpaired) electrons. The summed E-state index contributed by atoms with van der Waals surface area (Å²) in [4.78, 5) is 17.0. The van der Waals surface area contributed by atoms with Crippen LogP contribution < -0.4 is 10.1 Å². The standard InChI is InChI=1S/C25H19Cl2FN2O2/c1-2-15-12-29-14-23(32-19-5-3-4-17(10-19)16-6-7-16)24(15)25(31)30-13-22(28)20-9-8-18(26)11-21(20)27/h1,3-5,8-12,14,16,22H,6-7,13H2,(H,30,31). The van der Waals surface area contributed by atoms with Gasteiger partial charge in [-0.05, 0) is 48.6 Å². The number of pyridine rings is 1. The fourth-order valence-electron chi connectivity index (χ4n) is 3.37. The summed E-state index contributed by atoms with van der Waals surface area (Å²) in [6.07, 6.45) is 9.18. The number of ether oxygens (including phenoxy) is 1. The molecule has 1 fully saturated rings. The van der Waals surface area contributed by atoms with Crippen LogP contribution in [0.5, 0.6) is 11.5 Å². The van der Waals surface area contributed by atoms with Crippen LogP contribution in [0.15, 0.2) is 54.9 Å². The number of aromatic nitrogens is 1. The molecule has 1 heterocycles. The van der Waals surface area contributed by atoms with Crippen molar-refractivity contribution >= 4 is 29.1 Å². The quantitative estimate of drug-likeness (QED) is 0.403. The predicted molar refractivity (Wildman–Crippen MR) is 123 cm³/mol. The molecule has 1 atom stereocenters. The van der Waals surface area contributed by atoms with Crippen molar-refractivity contribution in [3.05, 3.63) is 87.2 Å². The zero-order valence-electron chi connectivity index (χ0n) is 16.9. The van der Waals surface area contributed by atoms with E-state index in [2.05, 4.69) is 22.3 Å². The molecule has 1 amide bonds. The third-order valence-corrected chi connectivity index (χ3v) is 5.73. The molecule has 2 aromatic carbocycles. The van der Waals surface area contributed by atoms with Crippen molar-refractivity contribution in [2.24, 2.45) is 0 Å². The average molecular weight is 469 g/mol. The Hall–Kier alpha value is -3.07. The van der Waals surface area contributed by atoms with E-state index in [-0.39, 0.29) is 34.0 Å². The monoisotopic (exact) mass is 468 g/mol. The van der Waals surface area contributed by atoms with Crippen LogP contribution >= 0.6 is 23.2 Å². The van der Waals surface area contributed by atoms with E-state index in [4.69, 9.17) is 34.4 Å². The number of rotatable bonds is 7. The van der Waals surface area contributed by atoms with Crippen molar-refractivity contribution in [1.82, 2.24) is 10.3 Å². The van der Waals surface area contributed by atoms with Crippen molar-refractivity contribution in [1.29, 1.82) is 0 Å². The predicted octanol–water partition coefficient (Wildman–Crippen LogP) is 6.48. The summed E-state index contributed by atoms with van der Waals surface area (Å²) in [6.45, 7) is -0.302. The molecule has 3 aromatic rings. The van der Waals surface area contributed by atoms with Crippen LogP contribution in [0.25, 0.3) is 0 Å². The number of alkyl halides is 1. The van der Waals surface area contributed by atoms with Crippen LogP contribution in [0.1, 0.15) is 52.0 Å². The Morgan fingerprint density at radius 2 is 2.06 bits per heavy atom. The molecule has 1 saturated carbocycles. The van der Waals surface area contributed by atoms with Gasteiger partial charge >= 0.3 is 0 Å². The number of hydrogen-bond donors (Lipinski definition) is 1. The number of benzene rings is 2. The molecule has 32 heavy (non-hydrogen) atoms. The largest absolute Gasteiger partial charge is 0.455 e. The van der Waals surface area contributed by atoms with Crippen molar-refractivity contribution in [3.8, 4) is 23.8 Å². The highest BCUT2D eigenvalue weighted by Gasteiger charge is 2.24. The van der Waals surface area contributed by atoms with Gasteiger partial charge in [-0.3, -0.25) is 9.78 Å². The van der Waals surface area contributed by atoms with E-state index in [1.807, 2.05) is 12.1 Å². The second-order valence-corrected chi connectivity index (χ2v) is 8.34. The van der Waals surface area contributed by atoms with E-state index < -0.39 is 12.1 Å². The van der Waals surface area contributed by atoms with Crippen molar-refractivity contribution < 1.29 is 13.9 Å². The normalized spacial score (nSPS) is 13.8.